The number of rotatable bonds is 8. The molecule has 2 aromatic rings. The topological polar surface area (TPSA) is 290 Å². The van der Waals surface area contributed by atoms with Crippen molar-refractivity contribution in [1.29, 1.82) is 5.26 Å². The van der Waals surface area contributed by atoms with Crippen molar-refractivity contribution >= 4 is 34.8 Å². The molecule has 182 valence electrons. The molecule has 1 aliphatic rings. The van der Waals surface area contributed by atoms with Crippen LogP contribution in [0.15, 0.2) is 18.5 Å². The standard InChI is InChI=1S/C12H16N5O13P3/c13-4-12(8-2-1-6-11(14)15-5-16-17(6)8)10(19)9(18)7(28-12)3-27-32(23,24)30-33(25,26)29-31(20,21)22/h1-2,5,7,9-10,18-19H,3H2,(H,23,24)(H,25,26)(H2,14,15,16)(H2,20,21,22)/t7?,9?,10?,12-/m0/s1. The summed E-state index contributed by atoms with van der Waals surface area (Å²) in [6, 6.07) is 4.42. The number of nitrogen functional groups attached to an aromatic ring is 1. The molecule has 0 spiro atoms. The fourth-order valence-electron chi connectivity index (χ4n) is 3.02. The third kappa shape index (κ3) is 5.32. The molecule has 5 unspecified atom stereocenters. The van der Waals surface area contributed by atoms with Gasteiger partial charge in [0.2, 0.25) is 5.60 Å². The summed E-state index contributed by atoms with van der Waals surface area (Å²) in [6.07, 6.45) is -4.44. The highest BCUT2D eigenvalue weighted by atomic mass is 31.3. The lowest BCUT2D eigenvalue weighted by molar-refractivity contribution is -0.0634. The zero-order valence-corrected chi connectivity index (χ0v) is 18.6. The number of aliphatic hydroxyl groups is 2. The highest BCUT2D eigenvalue weighted by molar-refractivity contribution is 7.66. The maximum atomic E-state index is 11.9. The van der Waals surface area contributed by atoms with E-state index in [9.17, 15) is 34.1 Å². The van der Waals surface area contributed by atoms with Crippen LogP contribution in [0.1, 0.15) is 5.69 Å². The molecule has 0 bridgehead atoms. The average Bonchev–Trinajstić information content (AvgIpc) is 3.20. The zero-order chi connectivity index (χ0) is 24.8. The first-order valence-corrected chi connectivity index (χ1v) is 13.0. The van der Waals surface area contributed by atoms with E-state index < -0.39 is 54.0 Å². The van der Waals surface area contributed by atoms with Gasteiger partial charge in [0.25, 0.3) is 0 Å². The van der Waals surface area contributed by atoms with Crippen molar-refractivity contribution in [2.75, 3.05) is 12.3 Å². The van der Waals surface area contributed by atoms with Gasteiger partial charge in [-0.2, -0.15) is 19.0 Å². The summed E-state index contributed by atoms with van der Waals surface area (Å²) < 4.78 is 52.0. The van der Waals surface area contributed by atoms with Crippen molar-refractivity contribution in [3.63, 3.8) is 0 Å². The maximum absolute atomic E-state index is 11.9. The minimum absolute atomic E-state index is 0.0292. The van der Waals surface area contributed by atoms with Gasteiger partial charge in [0.1, 0.15) is 36.2 Å². The molecule has 1 fully saturated rings. The van der Waals surface area contributed by atoms with E-state index >= 15 is 0 Å². The van der Waals surface area contributed by atoms with E-state index in [-0.39, 0.29) is 17.0 Å². The molecule has 33 heavy (non-hydrogen) atoms. The van der Waals surface area contributed by atoms with E-state index in [1.807, 2.05) is 0 Å². The lowest BCUT2D eigenvalue weighted by Gasteiger charge is -2.24. The summed E-state index contributed by atoms with van der Waals surface area (Å²) in [5.74, 6) is 0.0292. The molecule has 6 atom stereocenters. The van der Waals surface area contributed by atoms with Gasteiger partial charge in [-0.25, -0.2) is 23.2 Å². The second-order valence-corrected chi connectivity index (χ2v) is 10.9. The number of phosphoric acid groups is 3. The second-order valence-electron chi connectivity index (χ2n) is 6.49. The Morgan fingerprint density at radius 2 is 1.85 bits per heavy atom. The maximum Gasteiger partial charge on any atom is 0.490 e. The predicted octanol–water partition coefficient (Wildman–Crippen LogP) is -1.51. The molecule has 2 aromatic heterocycles. The molecule has 18 nitrogen and oxygen atoms in total. The van der Waals surface area contributed by atoms with E-state index in [4.69, 9.17) is 25.2 Å². The summed E-state index contributed by atoms with van der Waals surface area (Å²) in [5, 5.41) is 34.5. The van der Waals surface area contributed by atoms with Gasteiger partial charge in [-0.1, -0.05) is 0 Å². The van der Waals surface area contributed by atoms with Gasteiger partial charge >= 0.3 is 23.5 Å². The number of aliphatic hydroxyl groups excluding tert-OH is 2. The largest absolute Gasteiger partial charge is 0.490 e. The molecular weight excluding hydrogens is 515 g/mol. The minimum atomic E-state index is -5.76. The van der Waals surface area contributed by atoms with E-state index in [2.05, 4.69) is 23.2 Å². The number of nitrogens with two attached hydrogens (primary N) is 1. The molecule has 8 N–H and O–H groups in total. The summed E-state index contributed by atoms with van der Waals surface area (Å²) in [7, 11) is -16.9. The Labute approximate surface area is 183 Å². The second kappa shape index (κ2) is 8.77. The van der Waals surface area contributed by atoms with E-state index in [1.54, 1.807) is 6.07 Å². The number of hydrogen-bond acceptors (Lipinski definition) is 13. The fraction of sp³-hybridized carbons (Fsp3) is 0.417. The number of hydrogen-bond donors (Lipinski definition) is 7. The van der Waals surface area contributed by atoms with Crippen LogP contribution in [-0.4, -0.2) is 69.3 Å². The number of phosphoric ester groups is 1. The fourth-order valence-corrected chi connectivity index (χ4v) is 6.05. The number of ether oxygens (including phenoxy) is 1. The number of aromatic nitrogens is 3. The van der Waals surface area contributed by atoms with Gasteiger partial charge in [0.05, 0.1) is 12.3 Å². The van der Waals surface area contributed by atoms with Gasteiger partial charge < -0.3 is 40.3 Å². The van der Waals surface area contributed by atoms with Gasteiger partial charge in [-0.15, -0.1) is 0 Å². The van der Waals surface area contributed by atoms with Gasteiger partial charge in [0.15, 0.2) is 5.82 Å². The average molecular weight is 531 g/mol. The highest BCUT2D eigenvalue weighted by Crippen LogP contribution is 2.66. The Hall–Kier alpha value is -1.80. The molecule has 0 aliphatic carbocycles. The molecule has 3 rings (SSSR count). The van der Waals surface area contributed by atoms with Crippen LogP contribution in [0, 0.1) is 11.3 Å². The Bertz CT molecular complexity index is 1240. The SMILES string of the molecule is N#C[C@@]1(c2ccc3c(N)ncnn23)OC(COP(=O)(O)OP(=O)(O)OP(=O)(O)O)C(O)C1O. The molecule has 0 aromatic carbocycles. The highest BCUT2D eigenvalue weighted by Gasteiger charge is 2.58. The molecule has 0 amide bonds. The number of nitrogens with zero attached hydrogens (tertiary/aromatic N) is 4. The molecule has 3 heterocycles. The van der Waals surface area contributed by atoms with Crippen molar-refractivity contribution in [2.24, 2.45) is 0 Å². The first-order chi connectivity index (χ1) is 15.1. The first-order valence-electron chi connectivity index (χ1n) is 8.43. The Morgan fingerprint density at radius 3 is 2.45 bits per heavy atom. The number of nitriles is 1. The number of fused-ring (bicyclic) bond motifs is 1. The zero-order valence-electron chi connectivity index (χ0n) is 15.9. The monoisotopic (exact) mass is 531 g/mol. The normalized spacial score (nSPS) is 29.4. The van der Waals surface area contributed by atoms with Crippen LogP contribution in [0.5, 0.6) is 0 Å². The first kappa shape index (κ1) is 25.8. The van der Waals surface area contributed by atoms with E-state index in [0.29, 0.717) is 0 Å². The third-order valence-corrected chi connectivity index (χ3v) is 8.11. The molecule has 1 saturated heterocycles. The van der Waals surface area contributed by atoms with Crippen LogP contribution in [0.4, 0.5) is 5.82 Å². The van der Waals surface area contributed by atoms with Gasteiger partial charge in [-0.3, -0.25) is 4.52 Å². The van der Waals surface area contributed by atoms with E-state index in [0.717, 1.165) is 10.8 Å². The quantitative estimate of drug-likeness (QED) is 0.191. The van der Waals surface area contributed by atoms with Crippen molar-refractivity contribution in [3.05, 3.63) is 24.2 Å². The Kier molecular flexibility index (Phi) is 6.86. The smallest absolute Gasteiger partial charge is 0.387 e. The summed E-state index contributed by atoms with van der Waals surface area (Å²) >= 11 is 0. The lowest BCUT2D eigenvalue weighted by Crippen LogP contribution is -2.41. The Morgan fingerprint density at radius 1 is 1.18 bits per heavy atom. The van der Waals surface area contributed by atoms with Crippen LogP contribution in [-0.2, 0) is 37.2 Å². The summed E-state index contributed by atoms with van der Waals surface area (Å²) in [6.45, 7) is -1.09. The number of anilines is 1. The van der Waals surface area contributed by atoms with Crippen molar-refractivity contribution in [2.45, 2.75) is 23.9 Å². The summed E-state index contributed by atoms with van der Waals surface area (Å²) in [4.78, 5) is 39.5. The van der Waals surface area contributed by atoms with Crippen LogP contribution in [0.25, 0.3) is 5.52 Å². The summed E-state index contributed by atoms with van der Waals surface area (Å²) in [5.41, 5.74) is 3.61. The van der Waals surface area contributed by atoms with E-state index in [1.165, 1.54) is 12.1 Å². The molecular formula is C12H16N5O13P3. The van der Waals surface area contributed by atoms with Crippen molar-refractivity contribution < 1.29 is 61.4 Å². The molecule has 21 heteroatoms. The minimum Gasteiger partial charge on any atom is -0.387 e. The van der Waals surface area contributed by atoms with Crippen molar-refractivity contribution in [1.82, 2.24) is 14.6 Å². The Balaban J connectivity index is 1.80. The van der Waals surface area contributed by atoms with Crippen LogP contribution in [0.3, 0.4) is 0 Å². The van der Waals surface area contributed by atoms with Crippen LogP contribution in [0.2, 0.25) is 0 Å². The van der Waals surface area contributed by atoms with Crippen LogP contribution >= 0.6 is 23.5 Å². The molecule has 0 saturated carbocycles. The third-order valence-electron chi connectivity index (χ3n) is 4.30. The van der Waals surface area contributed by atoms with Gasteiger partial charge in [0, 0.05) is 0 Å². The van der Waals surface area contributed by atoms with Gasteiger partial charge in [-0.05, 0) is 12.1 Å². The van der Waals surface area contributed by atoms with Crippen molar-refractivity contribution in [3.8, 4) is 6.07 Å². The molecule has 0 radical (unpaired) electrons. The predicted molar refractivity (Wildman–Crippen MR) is 101 cm³/mol. The molecule has 1 aliphatic heterocycles. The van der Waals surface area contributed by atoms with Crippen LogP contribution < -0.4 is 5.73 Å². The lowest BCUT2D eigenvalue weighted by atomic mass is 9.92.